The van der Waals surface area contributed by atoms with Gasteiger partial charge in [0.1, 0.15) is 6.61 Å². The number of rotatable bonds is 6. The van der Waals surface area contributed by atoms with Crippen molar-refractivity contribution in [3.8, 4) is 11.8 Å². The highest BCUT2D eigenvalue weighted by atomic mass is 16.3. The molecule has 0 fully saturated rings. The van der Waals surface area contributed by atoms with Crippen molar-refractivity contribution in [2.75, 3.05) is 26.3 Å². The zero-order chi connectivity index (χ0) is 15.7. The van der Waals surface area contributed by atoms with Crippen LogP contribution < -0.4 is 0 Å². The van der Waals surface area contributed by atoms with Crippen molar-refractivity contribution < 1.29 is 15.0 Å². The van der Waals surface area contributed by atoms with Gasteiger partial charge in [0.05, 0.1) is 12.2 Å². The number of aliphatic hydroxyl groups excluding tert-OH is 2. The van der Waals surface area contributed by atoms with Gasteiger partial charge in [0.25, 0.3) is 5.91 Å². The van der Waals surface area contributed by atoms with Crippen LogP contribution in [0.3, 0.4) is 0 Å². The van der Waals surface area contributed by atoms with Crippen molar-refractivity contribution in [3.05, 3.63) is 34.9 Å². The molecule has 0 spiro atoms. The van der Waals surface area contributed by atoms with E-state index in [0.29, 0.717) is 24.2 Å². The lowest BCUT2D eigenvalue weighted by molar-refractivity contribution is 0.0719. The molecule has 0 aliphatic rings. The number of amides is 1. The Hall–Kier alpha value is -1.83. The lowest BCUT2D eigenvalue weighted by atomic mass is 10.0. The Morgan fingerprint density at radius 3 is 2.67 bits per heavy atom. The fraction of sp³-hybridized carbons (Fsp3) is 0.471. The molecule has 4 nitrogen and oxygen atoms in total. The van der Waals surface area contributed by atoms with E-state index in [-0.39, 0.29) is 19.1 Å². The average molecular weight is 289 g/mol. The standard InChI is InChI=1S/C17H23NO3/c1-3-4-9-18(10-12-20)17(21)16-8-7-14(2)13-15(16)6-5-11-19/h7-8,13,19-20H,3-4,9-12H2,1-2H3. The van der Waals surface area contributed by atoms with Crippen LogP contribution in [0.15, 0.2) is 18.2 Å². The maximum atomic E-state index is 12.6. The van der Waals surface area contributed by atoms with Crippen molar-refractivity contribution in [2.24, 2.45) is 0 Å². The highest BCUT2D eigenvalue weighted by Crippen LogP contribution is 2.14. The molecule has 1 rings (SSSR count). The van der Waals surface area contributed by atoms with Crippen molar-refractivity contribution in [1.29, 1.82) is 0 Å². The maximum Gasteiger partial charge on any atom is 0.255 e. The van der Waals surface area contributed by atoms with Crippen LogP contribution >= 0.6 is 0 Å². The second kappa shape index (κ2) is 9.17. The van der Waals surface area contributed by atoms with Crippen LogP contribution in [0.4, 0.5) is 0 Å². The van der Waals surface area contributed by atoms with E-state index in [1.807, 2.05) is 19.1 Å². The minimum atomic E-state index is -0.238. The summed E-state index contributed by atoms with van der Waals surface area (Å²) < 4.78 is 0. The lowest BCUT2D eigenvalue weighted by Crippen LogP contribution is -2.34. The zero-order valence-corrected chi connectivity index (χ0v) is 12.7. The molecule has 2 N–H and O–H groups in total. The molecular formula is C17H23NO3. The number of aliphatic hydroxyl groups is 2. The predicted molar refractivity (Wildman–Crippen MR) is 83.0 cm³/mol. The van der Waals surface area contributed by atoms with E-state index in [1.54, 1.807) is 11.0 Å². The van der Waals surface area contributed by atoms with Gasteiger partial charge in [-0.1, -0.05) is 31.3 Å². The van der Waals surface area contributed by atoms with Crippen LogP contribution in [0.1, 0.15) is 41.3 Å². The third kappa shape index (κ3) is 5.22. The number of carbonyl (C=O) groups excluding carboxylic acids is 1. The summed E-state index contributed by atoms with van der Waals surface area (Å²) in [4.78, 5) is 14.3. The second-order valence-electron chi connectivity index (χ2n) is 4.88. The minimum Gasteiger partial charge on any atom is -0.395 e. The van der Waals surface area contributed by atoms with Gasteiger partial charge < -0.3 is 15.1 Å². The van der Waals surface area contributed by atoms with Crippen molar-refractivity contribution in [1.82, 2.24) is 4.90 Å². The molecule has 0 aromatic heterocycles. The monoisotopic (exact) mass is 289 g/mol. The third-order valence-electron chi connectivity index (χ3n) is 3.15. The van der Waals surface area contributed by atoms with Crippen LogP contribution in [-0.2, 0) is 0 Å². The number of benzene rings is 1. The molecule has 4 heteroatoms. The van der Waals surface area contributed by atoms with Crippen molar-refractivity contribution >= 4 is 5.91 Å². The Morgan fingerprint density at radius 1 is 1.29 bits per heavy atom. The highest BCUT2D eigenvalue weighted by molar-refractivity contribution is 5.96. The van der Waals surface area contributed by atoms with Crippen molar-refractivity contribution in [3.63, 3.8) is 0 Å². The Morgan fingerprint density at radius 2 is 2.05 bits per heavy atom. The molecule has 0 saturated heterocycles. The zero-order valence-electron chi connectivity index (χ0n) is 12.7. The summed E-state index contributed by atoms with van der Waals surface area (Å²) in [7, 11) is 0. The van der Waals surface area contributed by atoms with Crippen LogP contribution in [0.25, 0.3) is 0 Å². The van der Waals surface area contributed by atoms with Gasteiger partial charge in [-0.25, -0.2) is 0 Å². The van der Waals surface area contributed by atoms with Crippen molar-refractivity contribution in [2.45, 2.75) is 26.7 Å². The summed E-state index contributed by atoms with van der Waals surface area (Å²) >= 11 is 0. The molecule has 0 atom stereocenters. The van der Waals surface area contributed by atoms with Gasteiger partial charge in [0.2, 0.25) is 0 Å². The normalized spacial score (nSPS) is 9.90. The highest BCUT2D eigenvalue weighted by Gasteiger charge is 2.17. The Bertz CT molecular complexity index is 529. The molecule has 0 saturated carbocycles. The van der Waals surface area contributed by atoms with Crippen LogP contribution in [-0.4, -0.2) is 47.3 Å². The number of hydrogen-bond donors (Lipinski definition) is 2. The van der Waals surface area contributed by atoms with Gasteiger partial charge in [-0.3, -0.25) is 4.79 Å². The number of carbonyl (C=O) groups is 1. The summed E-state index contributed by atoms with van der Waals surface area (Å²) in [5, 5.41) is 18.0. The molecule has 21 heavy (non-hydrogen) atoms. The number of unbranched alkanes of at least 4 members (excludes halogenated alkanes) is 1. The SMILES string of the molecule is CCCCN(CCO)C(=O)c1ccc(C)cc1C#CCO. The van der Waals surface area contributed by atoms with Gasteiger partial charge in [0.15, 0.2) is 0 Å². The van der Waals surface area contributed by atoms with E-state index in [4.69, 9.17) is 10.2 Å². The summed E-state index contributed by atoms with van der Waals surface area (Å²) in [5.41, 5.74) is 2.15. The Kier molecular flexibility index (Phi) is 7.52. The Balaban J connectivity index is 3.08. The molecular weight excluding hydrogens is 266 g/mol. The van der Waals surface area contributed by atoms with Crippen LogP contribution in [0.5, 0.6) is 0 Å². The topological polar surface area (TPSA) is 60.8 Å². The first-order valence-electron chi connectivity index (χ1n) is 7.24. The molecule has 114 valence electrons. The van der Waals surface area contributed by atoms with E-state index in [0.717, 1.165) is 18.4 Å². The quantitative estimate of drug-likeness (QED) is 0.782. The Labute approximate surface area is 126 Å². The average Bonchev–Trinajstić information content (AvgIpc) is 2.48. The molecule has 1 aromatic carbocycles. The van der Waals surface area contributed by atoms with Gasteiger partial charge >= 0.3 is 0 Å². The summed E-state index contributed by atoms with van der Waals surface area (Å²) in [5.74, 6) is 5.29. The fourth-order valence-corrected chi connectivity index (χ4v) is 2.04. The van der Waals surface area contributed by atoms with E-state index in [9.17, 15) is 4.79 Å². The van der Waals surface area contributed by atoms with Gasteiger partial charge in [-0.2, -0.15) is 0 Å². The molecule has 0 aliphatic carbocycles. The van der Waals surface area contributed by atoms with Gasteiger partial charge in [0, 0.05) is 18.7 Å². The molecule has 0 unspecified atom stereocenters. The molecule has 0 radical (unpaired) electrons. The van der Waals surface area contributed by atoms with Crippen LogP contribution in [0.2, 0.25) is 0 Å². The molecule has 1 aromatic rings. The summed E-state index contributed by atoms with van der Waals surface area (Å²) in [6.07, 6.45) is 1.88. The number of hydrogen-bond acceptors (Lipinski definition) is 3. The number of nitrogens with zero attached hydrogens (tertiary/aromatic N) is 1. The number of aryl methyl sites for hydroxylation is 1. The molecule has 0 aliphatic heterocycles. The molecule has 1 amide bonds. The largest absolute Gasteiger partial charge is 0.395 e. The third-order valence-corrected chi connectivity index (χ3v) is 3.15. The fourth-order valence-electron chi connectivity index (χ4n) is 2.04. The van der Waals surface area contributed by atoms with E-state index in [1.165, 1.54) is 0 Å². The van der Waals surface area contributed by atoms with E-state index >= 15 is 0 Å². The first-order valence-corrected chi connectivity index (χ1v) is 7.24. The lowest BCUT2D eigenvalue weighted by Gasteiger charge is -2.22. The van der Waals surface area contributed by atoms with Crippen LogP contribution in [0, 0.1) is 18.8 Å². The van der Waals surface area contributed by atoms with E-state index in [2.05, 4.69) is 18.8 Å². The predicted octanol–water partition coefficient (Wildman–Crippen LogP) is 1.57. The second-order valence-corrected chi connectivity index (χ2v) is 4.88. The van der Waals surface area contributed by atoms with Gasteiger partial charge in [-0.15, -0.1) is 0 Å². The minimum absolute atomic E-state index is 0.0566. The molecule has 0 bridgehead atoms. The van der Waals surface area contributed by atoms with E-state index < -0.39 is 0 Å². The first kappa shape index (κ1) is 17.2. The first-order chi connectivity index (χ1) is 10.1. The maximum absolute atomic E-state index is 12.6. The van der Waals surface area contributed by atoms with Gasteiger partial charge in [-0.05, 0) is 31.0 Å². The summed E-state index contributed by atoms with van der Waals surface area (Å²) in [6, 6.07) is 5.47. The summed E-state index contributed by atoms with van der Waals surface area (Å²) in [6.45, 7) is 4.64. The smallest absolute Gasteiger partial charge is 0.255 e. The molecule has 0 heterocycles.